The molecule has 1 atom stereocenters. The number of nitro groups is 1. The zero-order valence-corrected chi connectivity index (χ0v) is 13.6. The van der Waals surface area contributed by atoms with E-state index >= 15 is 0 Å². The number of ether oxygens (including phenoxy) is 1. The molecule has 1 saturated heterocycles. The second-order valence-electron chi connectivity index (χ2n) is 5.82. The van der Waals surface area contributed by atoms with Crippen LogP contribution in [0, 0.1) is 10.1 Å². The number of para-hydroxylation sites is 2. The number of hydrogen-bond donors (Lipinski definition) is 2. The van der Waals surface area contributed by atoms with Crippen molar-refractivity contribution >= 4 is 23.3 Å². The zero-order chi connectivity index (χ0) is 17.5. The molecule has 24 heavy (non-hydrogen) atoms. The van der Waals surface area contributed by atoms with E-state index < -0.39 is 22.8 Å². The van der Waals surface area contributed by atoms with Crippen LogP contribution in [0.2, 0.25) is 0 Å². The lowest BCUT2D eigenvalue weighted by atomic mass is 10.1. The summed E-state index contributed by atoms with van der Waals surface area (Å²) in [6, 6.07) is 5.36. The molecule has 1 amide bonds. The standard InChI is InChI=1S/C16H21N3O5/c1-24-15(20)11-14(18-9-5-2-6-10-18)16(21)17-12-7-3-4-8-13(12)19(22)23/h3-4,7-8,14H,2,5-6,9-11H2,1H3,(H,17,21)/p+1/t14-/m0/s1. The van der Waals surface area contributed by atoms with Crippen molar-refractivity contribution in [2.75, 3.05) is 25.5 Å². The molecule has 0 radical (unpaired) electrons. The van der Waals surface area contributed by atoms with Gasteiger partial charge < -0.3 is 15.0 Å². The number of esters is 1. The fourth-order valence-corrected chi connectivity index (χ4v) is 2.99. The molecule has 2 rings (SSSR count). The average molecular weight is 336 g/mol. The molecule has 1 aliphatic heterocycles. The summed E-state index contributed by atoms with van der Waals surface area (Å²) in [5.74, 6) is -0.859. The lowest BCUT2D eigenvalue weighted by molar-refractivity contribution is -0.920. The maximum atomic E-state index is 12.7. The van der Waals surface area contributed by atoms with E-state index in [1.807, 2.05) is 0 Å². The summed E-state index contributed by atoms with van der Waals surface area (Å²) in [6.07, 6.45) is 3.05. The summed E-state index contributed by atoms with van der Waals surface area (Å²) < 4.78 is 4.69. The highest BCUT2D eigenvalue weighted by atomic mass is 16.6. The first-order chi connectivity index (χ1) is 11.5. The lowest BCUT2D eigenvalue weighted by Crippen LogP contribution is -3.17. The van der Waals surface area contributed by atoms with Crippen LogP contribution in [-0.4, -0.2) is 43.0 Å². The Hall–Kier alpha value is -2.48. The number of nitrogens with one attached hydrogen (secondary N) is 2. The van der Waals surface area contributed by atoms with Gasteiger partial charge in [-0.15, -0.1) is 0 Å². The second-order valence-corrected chi connectivity index (χ2v) is 5.82. The first-order valence-electron chi connectivity index (χ1n) is 7.98. The monoisotopic (exact) mass is 336 g/mol. The predicted octanol–water partition coefficient (Wildman–Crippen LogP) is 0.534. The van der Waals surface area contributed by atoms with Crippen molar-refractivity contribution in [3.8, 4) is 0 Å². The minimum absolute atomic E-state index is 0.0434. The average Bonchev–Trinajstić information content (AvgIpc) is 2.60. The Morgan fingerprint density at radius 2 is 1.96 bits per heavy atom. The van der Waals surface area contributed by atoms with E-state index in [-0.39, 0.29) is 17.8 Å². The fraction of sp³-hybridized carbons (Fsp3) is 0.500. The van der Waals surface area contributed by atoms with Crippen LogP contribution in [0.15, 0.2) is 24.3 Å². The van der Waals surface area contributed by atoms with Crippen molar-refractivity contribution in [2.45, 2.75) is 31.7 Å². The summed E-state index contributed by atoms with van der Waals surface area (Å²) in [5, 5.41) is 13.7. The Kier molecular flexibility index (Phi) is 6.25. The summed E-state index contributed by atoms with van der Waals surface area (Å²) in [7, 11) is 1.28. The number of anilines is 1. The molecule has 1 aliphatic rings. The minimum Gasteiger partial charge on any atom is -0.469 e. The molecule has 0 unspecified atom stereocenters. The summed E-state index contributed by atoms with van der Waals surface area (Å²) in [4.78, 5) is 35.9. The molecule has 1 heterocycles. The van der Waals surface area contributed by atoms with E-state index in [0.717, 1.165) is 37.3 Å². The second kappa shape index (κ2) is 8.39. The van der Waals surface area contributed by atoms with Gasteiger partial charge in [0.1, 0.15) is 12.1 Å². The minimum atomic E-state index is -0.613. The first kappa shape index (κ1) is 17.9. The summed E-state index contributed by atoms with van der Waals surface area (Å²) >= 11 is 0. The molecular formula is C16H22N3O5+. The number of nitro benzene ring substituents is 1. The number of benzene rings is 1. The largest absolute Gasteiger partial charge is 0.469 e. The Morgan fingerprint density at radius 1 is 1.29 bits per heavy atom. The molecule has 130 valence electrons. The number of rotatable bonds is 6. The van der Waals surface area contributed by atoms with E-state index in [4.69, 9.17) is 4.74 Å². The first-order valence-corrected chi connectivity index (χ1v) is 7.98. The number of methoxy groups -OCH3 is 1. The van der Waals surface area contributed by atoms with Gasteiger partial charge in [0, 0.05) is 6.07 Å². The highest BCUT2D eigenvalue weighted by Gasteiger charge is 2.34. The third-order valence-electron chi connectivity index (χ3n) is 4.26. The van der Waals surface area contributed by atoms with Crippen LogP contribution in [0.25, 0.3) is 0 Å². The Bertz CT molecular complexity index is 613. The van der Waals surface area contributed by atoms with Gasteiger partial charge in [-0.1, -0.05) is 12.1 Å². The van der Waals surface area contributed by atoms with Crippen molar-refractivity contribution in [1.29, 1.82) is 0 Å². The Morgan fingerprint density at radius 3 is 2.58 bits per heavy atom. The van der Waals surface area contributed by atoms with Crippen molar-refractivity contribution in [1.82, 2.24) is 0 Å². The number of carbonyl (C=O) groups is 2. The molecule has 2 N–H and O–H groups in total. The lowest BCUT2D eigenvalue weighted by Gasteiger charge is -2.30. The fourth-order valence-electron chi connectivity index (χ4n) is 2.99. The number of hydrogen-bond acceptors (Lipinski definition) is 5. The van der Waals surface area contributed by atoms with Crippen LogP contribution in [-0.2, 0) is 14.3 Å². The van der Waals surface area contributed by atoms with E-state index in [1.54, 1.807) is 6.07 Å². The van der Waals surface area contributed by atoms with Crippen LogP contribution < -0.4 is 10.2 Å². The van der Waals surface area contributed by atoms with Gasteiger partial charge in [0.25, 0.3) is 11.6 Å². The van der Waals surface area contributed by atoms with Crippen LogP contribution >= 0.6 is 0 Å². The van der Waals surface area contributed by atoms with Crippen molar-refractivity contribution in [2.24, 2.45) is 0 Å². The number of piperidine rings is 1. The highest BCUT2D eigenvalue weighted by molar-refractivity contribution is 5.97. The van der Waals surface area contributed by atoms with Gasteiger partial charge >= 0.3 is 5.97 Å². The third kappa shape index (κ3) is 4.51. The highest BCUT2D eigenvalue weighted by Crippen LogP contribution is 2.23. The molecule has 1 aromatic rings. The van der Waals surface area contributed by atoms with E-state index in [9.17, 15) is 19.7 Å². The SMILES string of the molecule is COC(=O)C[C@@H](C(=O)Nc1ccccc1[N+](=O)[O-])[NH+]1CCCCC1. The molecule has 8 nitrogen and oxygen atoms in total. The molecular weight excluding hydrogens is 314 g/mol. The topological polar surface area (TPSA) is 103 Å². The number of carbonyl (C=O) groups excluding carboxylic acids is 2. The quantitative estimate of drug-likeness (QED) is 0.448. The zero-order valence-electron chi connectivity index (χ0n) is 13.6. The van der Waals surface area contributed by atoms with Crippen molar-refractivity contribution < 1.29 is 24.1 Å². The normalized spacial score (nSPS) is 16.2. The van der Waals surface area contributed by atoms with Crippen LogP contribution in [0.1, 0.15) is 25.7 Å². The number of amides is 1. The molecule has 1 aromatic carbocycles. The van der Waals surface area contributed by atoms with Gasteiger partial charge in [-0.25, -0.2) is 0 Å². The van der Waals surface area contributed by atoms with Gasteiger partial charge in [-0.3, -0.25) is 19.7 Å². The Labute approximate surface area is 139 Å². The molecule has 0 aliphatic carbocycles. The van der Waals surface area contributed by atoms with Crippen LogP contribution in [0.4, 0.5) is 11.4 Å². The number of nitrogens with zero attached hydrogens (tertiary/aromatic N) is 1. The molecule has 8 heteroatoms. The third-order valence-corrected chi connectivity index (χ3v) is 4.26. The molecule has 0 aromatic heterocycles. The smallest absolute Gasteiger partial charge is 0.312 e. The number of quaternary nitrogens is 1. The maximum Gasteiger partial charge on any atom is 0.312 e. The summed E-state index contributed by atoms with van der Waals surface area (Å²) in [6.45, 7) is 1.60. The van der Waals surface area contributed by atoms with Gasteiger partial charge in [0.05, 0.1) is 25.1 Å². The van der Waals surface area contributed by atoms with Crippen molar-refractivity contribution in [3.05, 3.63) is 34.4 Å². The van der Waals surface area contributed by atoms with Gasteiger partial charge in [-0.2, -0.15) is 0 Å². The van der Waals surface area contributed by atoms with Crippen molar-refractivity contribution in [3.63, 3.8) is 0 Å². The van der Waals surface area contributed by atoms with Gasteiger partial charge in [0.15, 0.2) is 6.04 Å². The molecule has 0 saturated carbocycles. The summed E-state index contributed by atoms with van der Waals surface area (Å²) in [5.41, 5.74) is -0.0323. The van der Waals surface area contributed by atoms with E-state index in [2.05, 4.69) is 5.32 Å². The van der Waals surface area contributed by atoms with E-state index in [0.29, 0.717) is 0 Å². The predicted molar refractivity (Wildman–Crippen MR) is 86.7 cm³/mol. The molecule has 0 bridgehead atoms. The van der Waals surface area contributed by atoms with Gasteiger partial charge in [0.2, 0.25) is 0 Å². The van der Waals surface area contributed by atoms with Gasteiger partial charge in [-0.05, 0) is 25.3 Å². The van der Waals surface area contributed by atoms with Crippen LogP contribution in [0.3, 0.4) is 0 Å². The van der Waals surface area contributed by atoms with E-state index in [1.165, 1.54) is 25.3 Å². The molecule has 0 spiro atoms. The number of likely N-dealkylation sites (tertiary alicyclic amines) is 1. The molecule has 1 fully saturated rings. The maximum absolute atomic E-state index is 12.7. The van der Waals surface area contributed by atoms with Crippen LogP contribution in [0.5, 0.6) is 0 Å². The Balaban J connectivity index is 2.17.